The summed E-state index contributed by atoms with van der Waals surface area (Å²) < 4.78 is 0. The number of nitro groups is 1. The molecule has 116 valence electrons. The van der Waals surface area contributed by atoms with E-state index in [4.69, 9.17) is 0 Å². The smallest absolute Gasteiger partial charge is 0.353 e. The van der Waals surface area contributed by atoms with E-state index >= 15 is 0 Å². The number of anilines is 3. The van der Waals surface area contributed by atoms with Crippen LogP contribution in [0.5, 0.6) is 0 Å². The molecular formula is C15H19N5O2. The summed E-state index contributed by atoms with van der Waals surface area (Å²) in [6.07, 6.45) is 1.31. The quantitative estimate of drug-likeness (QED) is 0.648. The third-order valence-electron chi connectivity index (χ3n) is 2.91. The molecule has 22 heavy (non-hydrogen) atoms. The third kappa shape index (κ3) is 3.69. The number of nitrogens with one attached hydrogen (secondary N) is 2. The van der Waals surface area contributed by atoms with Gasteiger partial charge in [0.05, 0.1) is 4.92 Å². The average Bonchev–Trinajstić information content (AvgIpc) is 2.36. The number of hydrogen-bond donors (Lipinski definition) is 2. The Morgan fingerprint density at radius 1 is 1.09 bits per heavy atom. The number of benzene rings is 1. The van der Waals surface area contributed by atoms with Crippen molar-refractivity contribution in [1.82, 2.24) is 9.97 Å². The molecule has 0 atom stereocenters. The van der Waals surface area contributed by atoms with Crippen LogP contribution in [0.25, 0.3) is 0 Å². The van der Waals surface area contributed by atoms with Gasteiger partial charge in [0.25, 0.3) is 0 Å². The maximum atomic E-state index is 11.4. The van der Waals surface area contributed by atoms with Gasteiger partial charge in [-0.25, -0.2) is 9.97 Å². The molecule has 0 aliphatic heterocycles. The first kappa shape index (κ1) is 15.7. The van der Waals surface area contributed by atoms with Crippen molar-refractivity contribution in [1.29, 1.82) is 0 Å². The first-order chi connectivity index (χ1) is 10.4. The Morgan fingerprint density at radius 2 is 1.68 bits per heavy atom. The maximum absolute atomic E-state index is 11.4. The molecule has 0 saturated heterocycles. The summed E-state index contributed by atoms with van der Waals surface area (Å²) in [6, 6.07) is 5.89. The molecule has 0 unspecified atom stereocenters. The van der Waals surface area contributed by atoms with Crippen LogP contribution in [-0.2, 0) is 0 Å². The monoisotopic (exact) mass is 301 g/mol. The predicted octanol–water partition coefficient (Wildman–Crippen LogP) is 3.57. The lowest BCUT2D eigenvalue weighted by Gasteiger charge is -2.12. The average molecular weight is 301 g/mol. The fourth-order valence-corrected chi connectivity index (χ4v) is 2.21. The van der Waals surface area contributed by atoms with Crippen molar-refractivity contribution in [3.8, 4) is 0 Å². The lowest BCUT2D eigenvalue weighted by molar-refractivity contribution is -0.383. The summed E-state index contributed by atoms with van der Waals surface area (Å²) >= 11 is 0. The SMILES string of the molecule is Cc1cc(C)cc(Nc2ncnc(NC(C)C)c2[N+](=O)[O-])c1. The molecule has 0 aliphatic rings. The molecule has 7 heteroatoms. The molecule has 7 nitrogen and oxygen atoms in total. The second-order valence-corrected chi connectivity index (χ2v) is 5.48. The molecule has 0 aliphatic carbocycles. The molecule has 1 heterocycles. The number of aromatic nitrogens is 2. The molecule has 0 saturated carbocycles. The summed E-state index contributed by atoms with van der Waals surface area (Å²) in [5.41, 5.74) is 2.74. The minimum atomic E-state index is -0.476. The van der Waals surface area contributed by atoms with Gasteiger partial charge in [0.2, 0.25) is 11.6 Å². The van der Waals surface area contributed by atoms with Crippen LogP contribution >= 0.6 is 0 Å². The first-order valence-corrected chi connectivity index (χ1v) is 6.98. The molecule has 0 amide bonds. The van der Waals surface area contributed by atoms with Gasteiger partial charge in [-0.15, -0.1) is 0 Å². The molecule has 0 spiro atoms. The lowest BCUT2D eigenvalue weighted by Crippen LogP contribution is -2.14. The predicted molar refractivity (Wildman–Crippen MR) is 86.6 cm³/mol. The van der Waals surface area contributed by atoms with Crippen LogP contribution in [0.2, 0.25) is 0 Å². The van der Waals surface area contributed by atoms with E-state index in [1.807, 2.05) is 45.9 Å². The Hall–Kier alpha value is -2.70. The highest BCUT2D eigenvalue weighted by Crippen LogP contribution is 2.31. The fraction of sp³-hybridized carbons (Fsp3) is 0.333. The molecular weight excluding hydrogens is 282 g/mol. The normalized spacial score (nSPS) is 10.6. The molecule has 2 aromatic rings. The van der Waals surface area contributed by atoms with Gasteiger partial charge < -0.3 is 10.6 Å². The van der Waals surface area contributed by atoms with E-state index in [0.29, 0.717) is 0 Å². The number of nitrogens with zero attached hydrogens (tertiary/aromatic N) is 3. The van der Waals surface area contributed by atoms with E-state index in [-0.39, 0.29) is 23.4 Å². The summed E-state index contributed by atoms with van der Waals surface area (Å²) in [5.74, 6) is 0.384. The van der Waals surface area contributed by atoms with Crippen LogP contribution in [0.1, 0.15) is 25.0 Å². The van der Waals surface area contributed by atoms with Crippen LogP contribution in [-0.4, -0.2) is 20.9 Å². The van der Waals surface area contributed by atoms with Gasteiger partial charge in [-0.1, -0.05) is 6.07 Å². The number of aryl methyl sites for hydroxylation is 2. The molecule has 0 bridgehead atoms. The number of hydrogen-bond acceptors (Lipinski definition) is 6. The molecule has 0 radical (unpaired) electrons. The van der Waals surface area contributed by atoms with Crippen LogP contribution in [0, 0.1) is 24.0 Å². The summed E-state index contributed by atoms with van der Waals surface area (Å²) in [5, 5.41) is 17.4. The lowest BCUT2D eigenvalue weighted by atomic mass is 10.1. The van der Waals surface area contributed by atoms with E-state index in [2.05, 4.69) is 20.6 Å². The van der Waals surface area contributed by atoms with E-state index in [9.17, 15) is 10.1 Å². The highest BCUT2D eigenvalue weighted by Gasteiger charge is 2.23. The van der Waals surface area contributed by atoms with Crippen molar-refractivity contribution in [2.75, 3.05) is 10.6 Å². The Labute approximate surface area is 129 Å². The molecule has 1 aromatic heterocycles. The number of rotatable bonds is 5. The second kappa shape index (κ2) is 6.38. The molecule has 0 fully saturated rings. The molecule has 2 rings (SSSR count). The zero-order valence-electron chi connectivity index (χ0n) is 13.0. The second-order valence-electron chi connectivity index (χ2n) is 5.48. The van der Waals surface area contributed by atoms with Crippen LogP contribution in [0.4, 0.5) is 23.0 Å². The van der Waals surface area contributed by atoms with Gasteiger partial charge in [0.15, 0.2) is 0 Å². The van der Waals surface area contributed by atoms with Crippen molar-refractivity contribution in [3.63, 3.8) is 0 Å². The third-order valence-corrected chi connectivity index (χ3v) is 2.91. The van der Waals surface area contributed by atoms with Gasteiger partial charge in [-0.05, 0) is 51.0 Å². The zero-order valence-corrected chi connectivity index (χ0v) is 13.0. The summed E-state index contributed by atoms with van der Waals surface area (Å²) in [7, 11) is 0. The highest BCUT2D eigenvalue weighted by molar-refractivity contribution is 5.74. The van der Waals surface area contributed by atoms with Gasteiger partial charge in [0, 0.05) is 11.7 Å². The fourth-order valence-electron chi connectivity index (χ4n) is 2.21. The highest BCUT2D eigenvalue weighted by atomic mass is 16.6. The van der Waals surface area contributed by atoms with E-state index in [1.165, 1.54) is 6.33 Å². The van der Waals surface area contributed by atoms with Crippen molar-refractivity contribution in [2.45, 2.75) is 33.7 Å². The molecule has 1 aromatic carbocycles. The summed E-state index contributed by atoms with van der Waals surface area (Å²) in [6.45, 7) is 7.72. The largest absolute Gasteiger partial charge is 0.362 e. The van der Waals surface area contributed by atoms with Gasteiger partial charge in [-0.2, -0.15) is 0 Å². The van der Waals surface area contributed by atoms with Crippen molar-refractivity contribution in [3.05, 3.63) is 45.8 Å². The van der Waals surface area contributed by atoms with Crippen molar-refractivity contribution >= 4 is 23.0 Å². The summed E-state index contributed by atoms with van der Waals surface area (Å²) in [4.78, 5) is 18.9. The van der Waals surface area contributed by atoms with Gasteiger partial charge in [-0.3, -0.25) is 10.1 Å². The topological polar surface area (TPSA) is 93.0 Å². The Bertz CT molecular complexity index is 680. The minimum Gasteiger partial charge on any atom is -0.362 e. The Kier molecular flexibility index (Phi) is 4.55. The van der Waals surface area contributed by atoms with Crippen molar-refractivity contribution in [2.24, 2.45) is 0 Å². The van der Waals surface area contributed by atoms with Gasteiger partial charge in [0.1, 0.15) is 6.33 Å². The Morgan fingerprint density at radius 3 is 2.23 bits per heavy atom. The zero-order chi connectivity index (χ0) is 16.3. The van der Waals surface area contributed by atoms with Crippen LogP contribution in [0.15, 0.2) is 24.5 Å². The van der Waals surface area contributed by atoms with Crippen molar-refractivity contribution < 1.29 is 4.92 Å². The maximum Gasteiger partial charge on any atom is 0.353 e. The van der Waals surface area contributed by atoms with Gasteiger partial charge >= 0.3 is 5.69 Å². The molecule has 2 N–H and O–H groups in total. The Balaban J connectivity index is 2.43. The van der Waals surface area contributed by atoms with Crippen LogP contribution < -0.4 is 10.6 Å². The van der Waals surface area contributed by atoms with E-state index < -0.39 is 4.92 Å². The van der Waals surface area contributed by atoms with E-state index in [1.54, 1.807) is 0 Å². The van der Waals surface area contributed by atoms with E-state index in [0.717, 1.165) is 16.8 Å². The van der Waals surface area contributed by atoms with Crippen LogP contribution in [0.3, 0.4) is 0 Å². The minimum absolute atomic E-state index is 0.0302. The standard InChI is InChI=1S/C15H19N5O2/c1-9(2)18-14-13(20(21)22)15(17-8-16-14)19-12-6-10(3)5-11(4)7-12/h5-9H,1-4H3,(H2,16,17,18,19). The first-order valence-electron chi connectivity index (χ1n) is 6.98.